The van der Waals surface area contributed by atoms with Gasteiger partial charge in [-0.05, 0) is 42.2 Å². The molecule has 2 aromatic rings. The number of amides is 1. The minimum Gasteiger partial charge on any atom is -0.507 e. The van der Waals surface area contributed by atoms with Crippen LogP contribution in [0.1, 0.15) is 57.2 Å². The lowest BCUT2D eigenvalue weighted by Crippen LogP contribution is -2.30. The number of nitrogens with zero attached hydrogens (tertiary/aromatic N) is 2. The number of rotatable bonds is 9. The molecule has 6 heteroatoms. The number of carbonyl (C=O) groups excluding carboxylic acids is 2. The van der Waals surface area contributed by atoms with Crippen LogP contribution in [-0.2, 0) is 9.59 Å². The van der Waals surface area contributed by atoms with Gasteiger partial charge < -0.3 is 14.7 Å². The van der Waals surface area contributed by atoms with Crippen molar-refractivity contribution in [1.29, 1.82) is 0 Å². The van der Waals surface area contributed by atoms with E-state index in [1.807, 2.05) is 6.07 Å². The smallest absolute Gasteiger partial charge is 0.295 e. The lowest BCUT2D eigenvalue weighted by Gasteiger charge is -2.25. The fraction of sp³-hybridized carbons (Fsp3) is 0.400. The molecule has 0 aliphatic carbocycles. The fourth-order valence-corrected chi connectivity index (χ4v) is 3.69. The summed E-state index contributed by atoms with van der Waals surface area (Å²) in [5, 5.41) is 11.1. The third kappa shape index (κ3) is 5.13. The maximum absolute atomic E-state index is 13.0. The van der Waals surface area contributed by atoms with Gasteiger partial charge >= 0.3 is 0 Å². The number of aromatic nitrogens is 1. The molecule has 31 heavy (non-hydrogen) atoms. The molecule has 164 valence electrons. The minimum atomic E-state index is -0.663. The summed E-state index contributed by atoms with van der Waals surface area (Å²) in [6, 6.07) is 9.90. The minimum absolute atomic E-state index is 0.105. The summed E-state index contributed by atoms with van der Waals surface area (Å²) in [5.41, 5.74) is 1.31. The Hall–Kier alpha value is -3.15. The average molecular weight is 423 g/mol. The standard InChI is InChI=1S/C25H30N2O4/c1-4-5-6-14-27-22(18-10-12-26-13-11-18)21(24(29)25(27)30)23(28)19-8-7-9-20(15-19)31-16-17(2)3/h7-13,15,17,22,28H,4-6,14,16H2,1-3H3/b23-21-. The Labute approximate surface area is 183 Å². The molecule has 1 aliphatic rings. The maximum Gasteiger partial charge on any atom is 0.295 e. The number of Topliss-reactive ketones (excluding diaryl/α,β-unsaturated/α-hetero) is 1. The Kier molecular flexibility index (Phi) is 7.45. The van der Waals surface area contributed by atoms with Crippen molar-refractivity contribution in [3.63, 3.8) is 0 Å². The van der Waals surface area contributed by atoms with Gasteiger partial charge in [0.15, 0.2) is 0 Å². The van der Waals surface area contributed by atoms with Gasteiger partial charge in [-0.1, -0.05) is 45.7 Å². The highest BCUT2D eigenvalue weighted by molar-refractivity contribution is 6.46. The van der Waals surface area contributed by atoms with Crippen LogP contribution in [-0.4, -0.2) is 39.8 Å². The fourth-order valence-electron chi connectivity index (χ4n) is 3.69. The molecular formula is C25H30N2O4. The molecule has 1 aromatic heterocycles. The van der Waals surface area contributed by atoms with E-state index < -0.39 is 17.7 Å². The molecule has 1 amide bonds. The predicted molar refractivity (Wildman–Crippen MR) is 120 cm³/mol. The molecule has 1 unspecified atom stereocenters. The van der Waals surface area contributed by atoms with E-state index in [1.165, 1.54) is 0 Å². The molecule has 1 atom stereocenters. The van der Waals surface area contributed by atoms with Crippen molar-refractivity contribution in [2.45, 2.75) is 46.1 Å². The number of pyridine rings is 1. The molecule has 6 nitrogen and oxygen atoms in total. The van der Waals surface area contributed by atoms with Gasteiger partial charge in [-0.2, -0.15) is 0 Å². The second-order valence-electron chi connectivity index (χ2n) is 8.21. The van der Waals surface area contributed by atoms with Crippen LogP contribution in [0, 0.1) is 5.92 Å². The Morgan fingerprint density at radius 1 is 1.16 bits per heavy atom. The Balaban J connectivity index is 2.03. The van der Waals surface area contributed by atoms with Gasteiger partial charge in [0.2, 0.25) is 0 Å². The molecule has 1 fully saturated rings. The summed E-state index contributed by atoms with van der Waals surface area (Å²) in [6.45, 7) is 7.20. The number of ether oxygens (including phenoxy) is 1. The summed E-state index contributed by atoms with van der Waals surface area (Å²) < 4.78 is 5.76. The van der Waals surface area contributed by atoms with Gasteiger partial charge in [0, 0.05) is 24.5 Å². The molecule has 1 saturated heterocycles. The monoisotopic (exact) mass is 422 g/mol. The van der Waals surface area contributed by atoms with Crippen molar-refractivity contribution in [2.24, 2.45) is 5.92 Å². The van der Waals surface area contributed by atoms with E-state index >= 15 is 0 Å². The van der Waals surface area contributed by atoms with Gasteiger partial charge in [-0.15, -0.1) is 0 Å². The van der Waals surface area contributed by atoms with Crippen LogP contribution in [0.4, 0.5) is 0 Å². The van der Waals surface area contributed by atoms with Crippen molar-refractivity contribution >= 4 is 17.4 Å². The first-order chi connectivity index (χ1) is 14.9. The lowest BCUT2D eigenvalue weighted by atomic mass is 9.96. The van der Waals surface area contributed by atoms with Crippen LogP contribution in [0.5, 0.6) is 5.75 Å². The third-order valence-corrected chi connectivity index (χ3v) is 5.26. The summed E-state index contributed by atoms with van der Waals surface area (Å²) in [5.74, 6) is -0.461. The van der Waals surface area contributed by atoms with Crippen molar-refractivity contribution < 1.29 is 19.4 Å². The molecular weight excluding hydrogens is 392 g/mol. The molecule has 1 aromatic carbocycles. The highest BCUT2D eigenvalue weighted by atomic mass is 16.5. The molecule has 3 rings (SSSR count). The molecule has 0 spiro atoms. The zero-order chi connectivity index (χ0) is 22.4. The van der Waals surface area contributed by atoms with Crippen molar-refractivity contribution in [3.05, 3.63) is 65.5 Å². The average Bonchev–Trinajstić information content (AvgIpc) is 3.03. The van der Waals surface area contributed by atoms with E-state index in [4.69, 9.17) is 4.74 Å². The second kappa shape index (κ2) is 10.2. The van der Waals surface area contributed by atoms with Crippen LogP contribution in [0.2, 0.25) is 0 Å². The number of benzene rings is 1. The van der Waals surface area contributed by atoms with Crippen molar-refractivity contribution in [3.8, 4) is 5.75 Å². The maximum atomic E-state index is 13.0. The molecule has 1 aliphatic heterocycles. The highest BCUT2D eigenvalue weighted by Crippen LogP contribution is 2.39. The van der Waals surface area contributed by atoms with E-state index in [-0.39, 0.29) is 11.3 Å². The molecule has 0 bridgehead atoms. The number of carbonyl (C=O) groups is 2. The largest absolute Gasteiger partial charge is 0.507 e. The summed E-state index contributed by atoms with van der Waals surface area (Å²) in [6.07, 6.45) is 6.02. The van der Waals surface area contributed by atoms with Gasteiger partial charge in [0.1, 0.15) is 11.5 Å². The second-order valence-corrected chi connectivity index (χ2v) is 8.21. The van der Waals surface area contributed by atoms with Crippen LogP contribution in [0.3, 0.4) is 0 Å². The SMILES string of the molecule is CCCCCN1C(=O)C(=O)/C(=C(\O)c2cccc(OCC(C)C)c2)C1c1ccncc1. The first-order valence-corrected chi connectivity index (χ1v) is 10.9. The number of ketones is 1. The van der Waals surface area contributed by atoms with Crippen molar-refractivity contribution in [1.82, 2.24) is 9.88 Å². The number of aliphatic hydroxyl groups is 1. The number of likely N-dealkylation sites (tertiary alicyclic amines) is 1. The van der Waals surface area contributed by atoms with Gasteiger partial charge in [0.25, 0.3) is 11.7 Å². The van der Waals surface area contributed by atoms with Gasteiger partial charge in [-0.3, -0.25) is 14.6 Å². The number of unbranched alkanes of at least 4 members (excludes halogenated alkanes) is 2. The molecule has 0 saturated carbocycles. The zero-order valence-corrected chi connectivity index (χ0v) is 18.4. The summed E-state index contributed by atoms with van der Waals surface area (Å²) in [7, 11) is 0. The van der Waals surface area contributed by atoms with Crippen LogP contribution < -0.4 is 4.74 Å². The van der Waals surface area contributed by atoms with E-state index in [9.17, 15) is 14.7 Å². The van der Waals surface area contributed by atoms with E-state index in [0.717, 1.165) is 24.8 Å². The van der Waals surface area contributed by atoms with E-state index in [2.05, 4.69) is 25.8 Å². The first kappa shape index (κ1) is 22.5. The molecule has 2 heterocycles. The highest BCUT2D eigenvalue weighted by Gasteiger charge is 2.45. The lowest BCUT2D eigenvalue weighted by molar-refractivity contribution is -0.139. The van der Waals surface area contributed by atoms with Crippen molar-refractivity contribution in [2.75, 3.05) is 13.2 Å². The van der Waals surface area contributed by atoms with Crippen LogP contribution in [0.15, 0.2) is 54.4 Å². The first-order valence-electron chi connectivity index (χ1n) is 10.9. The number of aliphatic hydroxyl groups excluding tert-OH is 1. The quantitative estimate of drug-likeness (QED) is 0.274. The van der Waals surface area contributed by atoms with E-state index in [0.29, 0.717) is 30.4 Å². The molecule has 1 N–H and O–H groups in total. The topological polar surface area (TPSA) is 79.7 Å². The third-order valence-electron chi connectivity index (χ3n) is 5.26. The van der Waals surface area contributed by atoms with E-state index in [1.54, 1.807) is 47.6 Å². The summed E-state index contributed by atoms with van der Waals surface area (Å²) >= 11 is 0. The Morgan fingerprint density at radius 2 is 1.90 bits per heavy atom. The summed E-state index contributed by atoms with van der Waals surface area (Å²) in [4.78, 5) is 31.5. The Bertz CT molecular complexity index is 953. The number of hydrogen-bond acceptors (Lipinski definition) is 5. The van der Waals surface area contributed by atoms with Crippen LogP contribution >= 0.6 is 0 Å². The normalized spacial score (nSPS) is 18.1. The van der Waals surface area contributed by atoms with Crippen LogP contribution in [0.25, 0.3) is 5.76 Å². The zero-order valence-electron chi connectivity index (χ0n) is 18.4. The Morgan fingerprint density at radius 3 is 2.58 bits per heavy atom. The van der Waals surface area contributed by atoms with Gasteiger partial charge in [-0.25, -0.2) is 0 Å². The molecule has 0 radical (unpaired) electrons. The predicted octanol–water partition coefficient (Wildman–Crippen LogP) is 4.73. The number of hydrogen-bond donors (Lipinski definition) is 1. The van der Waals surface area contributed by atoms with Gasteiger partial charge in [0.05, 0.1) is 18.2 Å².